The molecule has 15 heavy (non-hydrogen) atoms. The van der Waals surface area contributed by atoms with Crippen molar-refractivity contribution in [2.75, 3.05) is 14.2 Å². The van der Waals surface area contributed by atoms with Gasteiger partial charge in [-0.2, -0.15) is 5.48 Å². The normalized spacial score (nSPS) is 10.4. The molecule has 1 aromatic carbocycles. The van der Waals surface area contributed by atoms with Crippen LogP contribution in [0.5, 0.6) is 11.5 Å². The molecule has 1 rings (SSSR count). The summed E-state index contributed by atoms with van der Waals surface area (Å²) < 4.78 is 18.1. The summed E-state index contributed by atoms with van der Waals surface area (Å²) in [6.07, 6.45) is 0. The molecular formula is C9H11ClFNO3. The van der Waals surface area contributed by atoms with Gasteiger partial charge in [-0.05, 0) is 0 Å². The van der Waals surface area contributed by atoms with Crippen molar-refractivity contribution in [1.29, 1.82) is 0 Å². The van der Waals surface area contributed by atoms with Crippen molar-refractivity contribution >= 4 is 11.6 Å². The lowest BCUT2D eigenvalue weighted by molar-refractivity contribution is 0.0860. The molecule has 0 aliphatic carbocycles. The van der Waals surface area contributed by atoms with Crippen molar-refractivity contribution in [3.63, 3.8) is 0 Å². The smallest absolute Gasteiger partial charge is 0.166 e. The molecule has 6 heteroatoms. The number of aromatic hydroxyl groups is 1. The Bertz CT molecular complexity index is 360. The quantitative estimate of drug-likeness (QED) is 0.782. The first kappa shape index (κ1) is 12.0. The van der Waals surface area contributed by atoms with Crippen LogP contribution in [0.4, 0.5) is 4.39 Å². The van der Waals surface area contributed by atoms with Gasteiger partial charge in [0.15, 0.2) is 11.5 Å². The zero-order valence-corrected chi connectivity index (χ0v) is 9.06. The molecular weight excluding hydrogens is 225 g/mol. The van der Waals surface area contributed by atoms with Crippen molar-refractivity contribution in [2.45, 2.75) is 6.54 Å². The van der Waals surface area contributed by atoms with Gasteiger partial charge in [0.25, 0.3) is 0 Å². The van der Waals surface area contributed by atoms with Gasteiger partial charge in [0.1, 0.15) is 5.82 Å². The average molecular weight is 236 g/mol. The van der Waals surface area contributed by atoms with E-state index in [9.17, 15) is 9.50 Å². The molecule has 0 atom stereocenters. The Labute approximate surface area is 91.5 Å². The van der Waals surface area contributed by atoms with Gasteiger partial charge in [0.2, 0.25) is 0 Å². The number of hydrogen-bond donors (Lipinski definition) is 2. The molecule has 0 saturated carbocycles. The van der Waals surface area contributed by atoms with Crippen LogP contribution in [0.25, 0.3) is 0 Å². The minimum absolute atomic E-state index is 0.103. The third-order valence-electron chi connectivity index (χ3n) is 1.84. The standard InChI is InChI=1S/C9H11ClFNO3/c1-14-9-5(4-12-15-2)8(10)6(11)3-7(9)13/h3,12-13H,4H2,1-2H3. The highest BCUT2D eigenvalue weighted by molar-refractivity contribution is 6.31. The van der Waals surface area contributed by atoms with Crippen LogP contribution in [0.2, 0.25) is 5.02 Å². The topological polar surface area (TPSA) is 50.7 Å². The van der Waals surface area contributed by atoms with Crippen LogP contribution in [-0.4, -0.2) is 19.3 Å². The number of nitrogens with one attached hydrogen (secondary N) is 1. The fraction of sp³-hybridized carbons (Fsp3) is 0.333. The van der Waals surface area contributed by atoms with Gasteiger partial charge in [-0.15, -0.1) is 0 Å². The van der Waals surface area contributed by atoms with E-state index in [1.54, 1.807) is 0 Å². The van der Waals surface area contributed by atoms with E-state index >= 15 is 0 Å². The predicted octanol–water partition coefficient (Wildman–Crippen LogP) is 1.84. The number of phenols is 1. The van der Waals surface area contributed by atoms with Crippen LogP contribution in [0, 0.1) is 5.82 Å². The molecule has 0 fully saturated rings. The Morgan fingerprint density at radius 3 is 2.73 bits per heavy atom. The predicted molar refractivity (Wildman–Crippen MR) is 53.5 cm³/mol. The third kappa shape index (κ3) is 2.50. The van der Waals surface area contributed by atoms with Crippen molar-refractivity contribution < 1.29 is 19.1 Å². The van der Waals surface area contributed by atoms with E-state index in [2.05, 4.69) is 10.3 Å². The molecule has 84 valence electrons. The monoisotopic (exact) mass is 235 g/mol. The van der Waals surface area contributed by atoms with Crippen molar-refractivity contribution in [2.24, 2.45) is 0 Å². The lowest BCUT2D eigenvalue weighted by atomic mass is 10.1. The van der Waals surface area contributed by atoms with E-state index in [0.29, 0.717) is 5.56 Å². The SMILES string of the molecule is CONCc1c(Cl)c(F)cc(O)c1OC. The lowest BCUT2D eigenvalue weighted by Crippen LogP contribution is -2.12. The summed E-state index contributed by atoms with van der Waals surface area (Å²) in [5.74, 6) is -0.874. The maximum atomic E-state index is 13.2. The largest absolute Gasteiger partial charge is 0.504 e. The molecule has 0 bridgehead atoms. The van der Waals surface area contributed by atoms with Gasteiger partial charge in [-0.3, -0.25) is 0 Å². The maximum absolute atomic E-state index is 13.2. The third-order valence-corrected chi connectivity index (χ3v) is 2.25. The molecule has 0 unspecified atom stereocenters. The second kappa shape index (κ2) is 5.16. The summed E-state index contributed by atoms with van der Waals surface area (Å²) >= 11 is 5.72. The summed E-state index contributed by atoms with van der Waals surface area (Å²) in [7, 11) is 2.78. The van der Waals surface area contributed by atoms with Crippen LogP contribution in [-0.2, 0) is 11.4 Å². The molecule has 0 aromatic heterocycles. The molecule has 0 radical (unpaired) electrons. The zero-order valence-electron chi connectivity index (χ0n) is 8.30. The summed E-state index contributed by atoms with van der Waals surface area (Å²) in [4.78, 5) is 4.61. The Morgan fingerprint density at radius 2 is 2.20 bits per heavy atom. The molecule has 0 spiro atoms. The summed E-state index contributed by atoms with van der Waals surface area (Å²) in [6.45, 7) is 0.129. The van der Waals surface area contributed by atoms with Gasteiger partial charge in [0.05, 0.1) is 25.8 Å². The average Bonchev–Trinajstić information content (AvgIpc) is 2.21. The van der Waals surface area contributed by atoms with E-state index in [4.69, 9.17) is 16.3 Å². The number of phenolic OH excluding ortho intramolecular Hbond substituents is 1. The van der Waals surface area contributed by atoms with E-state index in [1.165, 1.54) is 14.2 Å². The van der Waals surface area contributed by atoms with Crippen LogP contribution in [0.3, 0.4) is 0 Å². The van der Waals surface area contributed by atoms with Gasteiger partial charge >= 0.3 is 0 Å². The summed E-state index contributed by atoms with van der Waals surface area (Å²) in [5, 5.41) is 9.30. The first-order valence-electron chi connectivity index (χ1n) is 4.11. The Morgan fingerprint density at radius 1 is 1.53 bits per heavy atom. The molecule has 0 amide bonds. The molecule has 1 aromatic rings. The van der Waals surface area contributed by atoms with Gasteiger partial charge in [-0.25, -0.2) is 4.39 Å². The number of rotatable bonds is 4. The van der Waals surface area contributed by atoms with Crippen molar-refractivity contribution in [1.82, 2.24) is 5.48 Å². The van der Waals surface area contributed by atoms with Crippen molar-refractivity contribution in [3.05, 3.63) is 22.5 Å². The summed E-state index contributed by atoms with van der Waals surface area (Å²) in [6, 6.07) is 0.900. The minimum atomic E-state index is -0.706. The van der Waals surface area contributed by atoms with Crippen LogP contribution in [0.1, 0.15) is 5.56 Å². The number of methoxy groups -OCH3 is 1. The number of benzene rings is 1. The van der Waals surface area contributed by atoms with Gasteiger partial charge in [-0.1, -0.05) is 11.6 Å². The second-order valence-corrected chi connectivity index (χ2v) is 3.11. The second-order valence-electron chi connectivity index (χ2n) is 2.73. The van der Waals surface area contributed by atoms with Crippen molar-refractivity contribution in [3.8, 4) is 11.5 Å². The highest BCUT2D eigenvalue weighted by atomic mass is 35.5. The van der Waals surface area contributed by atoms with Gasteiger partial charge in [0, 0.05) is 11.6 Å². The molecule has 4 nitrogen and oxygen atoms in total. The summed E-state index contributed by atoms with van der Waals surface area (Å²) in [5.41, 5.74) is 2.80. The van der Waals surface area contributed by atoms with Crippen LogP contribution >= 0.6 is 11.6 Å². The molecule has 0 aliphatic heterocycles. The molecule has 0 aliphatic rings. The highest BCUT2D eigenvalue weighted by Gasteiger charge is 2.17. The van der Waals surface area contributed by atoms with Gasteiger partial charge < -0.3 is 14.7 Å². The molecule has 0 heterocycles. The number of ether oxygens (including phenoxy) is 1. The maximum Gasteiger partial charge on any atom is 0.166 e. The number of hydrogen-bond acceptors (Lipinski definition) is 4. The highest BCUT2D eigenvalue weighted by Crippen LogP contribution is 2.36. The van der Waals surface area contributed by atoms with E-state index in [1.807, 2.05) is 0 Å². The van der Waals surface area contributed by atoms with Crippen LogP contribution < -0.4 is 10.2 Å². The zero-order chi connectivity index (χ0) is 11.4. The van der Waals surface area contributed by atoms with Crippen LogP contribution in [0.15, 0.2) is 6.07 Å². The molecule has 2 N–H and O–H groups in total. The lowest BCUT2D eigenvalue weighted by Gasteiger charge is -2.12. The first-order valence-corrected chi connectivity index (χ1v) is 4.49. The van der Waals surface area contributed by atoms with E-state index in [0.717, 1.165) is 6.07 Å². The fourth-order valence-corrected chi connectivity index (χ4v) is 1.38. The Kier molecular flexibility index (Phi) is 4.14. The van der Waals surface area contributed by atoms with E-state index in [-0.39, 0.29) is 23.1 Å². The van der Waals surface area contributed by atoms with E-state index < -0.39 is 5.82 Å². The first-order chi connectivity index (χ1) is 7.11. The Balaban J connectivity index is 3.18. The minimum Gasteiger partial charge on any atom is -0.504 e. The number of halogens is 2. The number of hydroxylamine groups is 1. The Hall–Kier alpha value is -1.04. The molecule has 0 saturated heterocycles. The fourth-order valence-electron chi connectivity index (χ4n) is 1.18.